The van der Waals surface area contributed by atoms with Crippen LogP contribution in [0.2, 0.25) is 5.02 Å². The van der Waals surface area contributed by atoms with Crippen molar-refractivity contribution in [1.82, 2.24) is 4.31 Å². The third-order valence-electron chi connectivity index (χ3n) is 3.57. The van der Waals surface area contributed by atoms with E-state index in [0.717, 1.165) is 4.31 Å². The van der Waals surface area contributed by atoms with Crippen molar-refractivity contribution in [2.24, 2.45) is 0 Å². The molecule has 0 saturated heterocycles. The predicted octanol–water partition coefficient (Wildman–Crippen LogP) is 2.62. The number of ether oxygens (including phenoxy) is 2. The number of methoxy groups -OCH3 is 2. The van der Waals surface area contributed by atoms with Crippen LogP contribution in [0.25, 0.3) is 0 Å². The number of carbonyl (C=O) groups is 1. The summed E-state index contributed by atoms with van der Waals surface area (Å²) in [6, 6.07) is 10.9. The van der Waals surface area contributed by atoms with E-state index in [1.54, 1.807) is 18.2 Å². The zero-order valence-corrected chi connectivity index (χ0v) is 16.1. The Morgan fingerprint density at radius 3 is 2.31 bits per heavy atom. The average molecular weight is 399 g/mol. The highest BCUT2D eigenvalue weighted by Gasteiger charge is 2.23. The Balaban J connectivity index is 2.16. The van der Waals surface area contributed by atoms with E-state index in [0.29, 0.717) is 22.2 Å². The third kappa shape index (κ3) is 4.46. The summed E-state index contributed by atoms with van der Waals surface area (Å²) in [5, 5.41) is 2.93. The molecule has 0 bridgehead atoms. The summed E-state index contributed by atoms with van der Waals surface area (Å²) in [6.07, 6.45) is 0. The maximum atomic E-state index is 12.5. The van der Waals surface area contributed by atoms with Gasteiger partial charge < -0.3 is 14.8 Å². The van der Waals surface area contributed by atoms with E-state index in [4.69, 9.17) is 21.1 Å². The van der Waals surface area contributed by atoms with Crippen LogP contribution in [0.1, 0.15) is 0 Å². The smallest absolute Gasteiger partial charge is 0.243 e. The molecule has 0 radical (unpaired) electrons. The fourth-order valence-corrected chi connectivity index (χ4v) is 3.59. The molecule has 1 N–H and O–H groups in total. The molecule has 26 heavy (non-hydrogen) atoms. The number of hydrogen-bond donors (Lipinski definition) is 1. The zero-order chi connectivity index (χ0) is 19.3. The van der Waals surface area contributed by atoms with Gasteiger partial charge in [-0.3, -0.25) is 4.79 Å². The van der Waals surface area contributed by atoms with E-state index in [1.807, 2.05) is 0 Å². The first-order valence-electron chi connectivity index (χ1n) is 7.52. The van der Waals surface area contributed by atoms with Crippen LogP contribution in [0.15, 0.2) is 47.4 Å². The van der Waals surface area contributed by atoms with Gasteiger partial charge in [0.2, 0.25) is 15.9 Å². The third-order valence-corrected chi connectivity index (χ3v) is 5.68. The van der Waals surface area contributed by atoms with Gasteiger partial charge in [-0.25, -0.2) is 8.42 Å². The van der Waals surface area contributed by atoms with Crippen LogP contribution in [0, 0.1) is 0 Å². The summed E-state index contributed by atoms with van der Waals surface area (Å²) >= 11 is 6.02. The van der Waals surface area contributed by atoms with Gasteiger partial charge in [-0.1, -0.05) is 29.8 Å². The van der Waals surface area contributed by atoms with Gasteiger partial charge in [-0.05, 0) is 12.1 Å². The molecule has 0 unspecified atom stereocenters. The molecule has 1 amide bonds. The highest BCUT2D eigenvalue weighted by atomic mass is 35.5. The second-order valence-electron chi connectivity index (χ2n) is 5.31. The number of halogens is 1. The standard InChI is InChI=1S/C17H19ClN2O5S/c1-20(26(22,23)12-7-5-4-6-8-12)11-17(21)19-14-10-15(24-2)13(18)9-16(14)25-3/h4-10H,11H2,1-3H3,(H,19,21). The van der Waals surface area contributed by atoms with Gasteiger partial charge in [-0.2, -0.15) is 4.31 Å². The minimum Gasteiger partial charge on any atom is -0.495 e. The first-order chi connectivity index (χ1) is 12.3. The number of benzene rings is 2. The van der Waals surface area contributed by atoms with Crippen LogP contribution in [-0.2, 0) is 14.8 Å². The molecule has 2 rings (SSSR count). The first kappa shape index (κ1) is 20.0. The number of hydrogen-bond acceptors (Lipinski definition) is 5. The molecule has 0 aromatic heterocycles. The van der Waals surface area contributed by atoms with Crippen molar-refractivity contribution in [2.45, 2.75) is 4.90 Å². The number of nitrogens with zero attached hydrogens (tertiary/aromatic N) is 1. The Kier molecular flexibility index (Phi) is 6.47. The number of anilines is 1. The molecule has 9 heteroatoms. The van der Waals surface area contributed by atoms with Crippen molar-refractivity contribution in [3.05, 3.63) is 47.5 Å². The first-order valence-corrected chi connectivity index (χ1v) is 9.34. The predicted molar refractivity (Wildman–Crippen MR) is 99.4 cm³/mol. The summed E-state index contributed by atoms with van der Waals surface area (Å²) in [6.45, 7) is -0.370. The normalized spacial score (nSPS) is 11.3. The molecule has 2 aromatic carbocycles. The molecule has 7 nitrogen and oxygen atoms in total. The van der Waals surface area contributed by atoms with Crippen LogP contribution in [0.4, 0.5) is 5.69 Å². The second-order valence-corrected chi connectivity index (χ2v) is 7.76. The summed E-state index contributed by atoms with van der Waals surface area (Å²) in [7, 11) is 0.443. The molecule has 0 spiro atoms. The number of amides is 1. The number of likely N-dealkylation sites (N-methyl/N-ethyl adjacent to an activating group) is 1. The molecule has 0 aliphatic carbocycles. The van der Waals surface area contributed by atoms with Crippen molar-refractivity contribution < 1.29 is 22.7 Å². The zero-order valence-electron chi connectivity index (χ0n) is 14.5. The van der Waals surface area contributed by atoms with E-state index < -0.39 is 15.9 Å². The number of carbonyl (C=O) groups excluding carboxylic acids is 1. The minimum absolute atomic E-state index is 0.112. The lowest BCUT2D eigenvalue weighted by atomic mass is 10.2. The maximum Gasteiger partial charge on any atom is 0.243 e. The Labute approximate surface area is 157 Å². The highest BCUT2D eigenvalue weighted by molar-refractivity contribution is 7.89. The molecular weight excluding hydrogens is 380 g/mol. The molecule has 140 valence electrons. The lowest BCUT2D eigenvalue weighted by Crippen LogP contribution is -2.35. The van der Waals surface area contributed by atoms with E-state index in [9.17, 15) is 13.2 Å². The molecule has 0 aliphatic heterocycles. The van der Waals surface area contributed by atoms with Crippen molar-refractivity contribution in [3.63, 3.8) is 0 Å². The molecular formula is C17H19ClN2O5S. The Bertz CT molecular complexity index is 888. The minimum atomic E-state index is -3.77. The van der Waals surface area contributed by atoms with Gasteiger partial charge in [0.15, 0.2) is 0 Å². The number of rotatable bonds is 7. The van der Waals surface area contributed by atoms with Gasteiger partial charge in [-0.15, -0.1) is 0 Å². The van der Waals surface area contributed by atoms with Crippen LogP contribution in [0.3, 0.4) is 0 Å². The molecule has 2 aromatic rings. The van der Waals surface area contributed by atoms with Crippen molar-refractivity contribution >= 4 is 33.2 Å². The largest absolute Gasteiger partial charge is 0.495 e. The van der Waals surface area contributed by atoms with Crippen LogP contribution >= 0.6 is 11.6 Å². The number of nitrogens with one attached hydrogen (secondary N) is 1. The Morgan fingerprint density at radius 1 is 1.12 bits per heavy atom. The van der Waals surface area contributed by atoms with E-state index in [-0.39, 0.29) is 11.4 Å². The summed E-state index contributed by atoms with van der Waals surface area (Å²) < 4.78 is 36.2. The molecule has 0 fully saturated rings. The topological polar surface area (TPSA) is 84.9 Å². The van der Waals surface area contributed by atoms with E-state index in [2.05, 4.69) is 5.32 Å². The van der Waals surface area contributed by atoms with Crippen molar-refractivity contribution in [3.8, 4) is 11.5 Å². The summed E-state index contributed by atoms with van der Waals surface area (Å²) in [4.78, 5) is 12.4. The maximum absolute atomic E-state index is 12.5. The van der Waals surface area contributed by atoms with E-state index in [1.165, 1.54) is 45.5 Å². The van der Waals surface area contributed by atoms with Crippen molar-refractivity contribution in [2.75, 3.05) is 33.1 Å². The number of sulfonamides is 1. The second kappa shape index (κ2) is 8.39. The van der Waals surface area contributed by atoms with Gasteiger partial charge in [0.1, 0.15) is 11.5 Å². The highest BCUT2D eigenvalue weighted by Crippen LogP contribution is 2.35. The molecule has 0 atom stereocenters. The van der Waals surface area contributed by atoms with Gasteiger partial charge in [0.25, 0.3) is 0 Å². The van der Waals surface area contributed by atoms with Crippen LogP contribution in [0.5, 0.6) is 11.5 Å². The monoisotopic (exact) mass is 398 g/mol. The molecule has 0 aliphatic rings. The fourth-order valence-electron chi connectivity index (χ4n) is 2.21. The van der Waals surface area contributed by atoms with E-state index >= 15 is 0 Å². The van der Waals surface area contributed by atoms with Gasteiger partial charge in [0, 0.05) is 19.2 Å². The summed E-state index contributed by atoms with van der Waals surface area (Å²) in [5.74, 6) is 0.153. The molecule has 0 saturated carbocycles. The van der Waals surface area contributed by atoms with Crippen LogP contribution < -0.4 is 14.8 Å². The SMILES string of the molecule is COc1cc(NC(=O)CN(C)S(=O)(=O)c2ccccc2)c(OC)cc1Cl. The lowest BCUT2D eigenvalue weighted by molar-refractivity contribution is -0.116. The summed E-state index contributed by atoms with van der Waals surface area (Å²) in [5.41, 5.74) is 0.323. The van der Waals surface area contributed by atoms with Gasteiger partial charge in [0.05, 0.1) is 36.4 Å². The van der Waals surface area contributed by atoms with Gasteiger partial charge >= 0.3 is 0 Å². The van der Waals surface area contributed by atoms with Crippen molar-refractivity contribution in [1.29, 1.82) is 0 Å². The fraction of sp³-hybridized carbons (Fsp3) is 0.235. The quantitative estimate of drug-likeness (QED) is 0.774. The Hall–Kier alpha value is -2.29. The Morgan fingerprint density at radius 2 is 1.73 bits per heavy atom. The van der Waals surface area contributed by atoms with Crippen LogP contribution in [-0.4, -0.2) is 46.4 Å². The average Bonchev–Trinajstić information content (AvgIpc) is 2.63. The lowest BCUT2D eigenvalue weighted by Gasteiger charge is -2.18. The molecule has 0 heterocycles.